The molecule has 9 nitrogen and oxygen atoms in total. The Hall–Kier alpha value is -4.05. The maximum Gasteiger partial charge on any atom is 0.408 e. The first kappa shape index (κ1) is 27.0. The number of amides is 1. The van der Waals surface area contributed by atoms with Gasteiger partial charge in [-0.1, -0.05) is 40.2 Å². The number of ether oxygens (including phenoxy) is 1. The Morgan fingerprint density at radius 1 is 1.00 bits per heavy atom. The van der Waals surface area contributed by atoms with Crippen molar-refractivity contribution in [3.8, 4) is 22.4 Å². The topological polar surface area (TPSA) is 123 Å². The third-order valence-corrected chi connectivity index (χ3v) is 6.05. The second kappa shape index (κ2) is 10.7. The van der Waals surface area contributed by atoms with Gasteiger partial charge in [0.1, 0.15) is 11.3 Å². The Bertz CT molecular complexity index is 1510. The van der Waals surface area contributed by atoms with E-state index in [1.807, 2.05) is 73.6 Å². The number of hydrogen-bond donors (Lipinski definition) is 2. The molecule has 0 bridgehead atoms. The summed E-state index contributed by atoms with van der Waals surface area (Å²) in [5, 5.41) is 2.94. The first-order chi connectivity index (χ1) is 17.9. The Kier molecular flexibility index (Phi) is 7.63. The minimum absolute atomic E-state index is 0.0699. The molecule has 0 radical (unpaired) electrons. The zero-order chi connectivity index (χ0) is 27.6. The van der Waals surface area contributed by atoms with Crippen LogP contribution in [0.4, 0.5) is 16.4 Å². The van der Waals surface area contributed by atoms with Gasteiger partial charge in [-0.2, -0.15) is 4.98 Å². The minimum atomic E-state index is -0.703. The van der Waals surface area contributed by atoms with Crippen molar-refractivity contribution in [1.29, 1.82) is 0 Å². The molecule has 196 valence electrons. The number of carbonyl (C=O) groups excluding carboxylic acids is 2. The highest BCUT2D eigenvalue weighted by molar-refractivity contribution is 9.10. The van der Waals surface area contributed by atoms with Gasteiger partial charge >= 0.3 is 6.09 Å². The highest BCUT2D eigenvalue weighted by atomic mass is 79.9. The maximum absolute atomic E-state index is 13.3. The number of pyridine rings is 1. The van der Waals surface area contributed by atoms with Crippen LogP contribution in [0.5, 0.6) is 0 Å². The van der Waals surface area contributed by atoms with Crippen LogP contribution in [-0.2, 0) is 4.74 Å². The highest BCUT2D eigenvalue weighted by Crippen LogP contribution is 2.35. The van der Waals surface area contributed by atoms with Crippen molar-refractivity contribution in [2.24, 2.45) is 0 Å². The number of hydrogen-bond acceptors (Lipinski definition) is 8. The molecule has 3 N–H and O–H groups in total. The van der Waals surface area contributed by atoms with Crippen molar-refractivity contribution < 1.29 is 14.3 Å². The number of nitrogen functional groups attached to an aromatic ring is 1. The van der Waals surface area contributed by atoms with Crippen LogP contribution in [0, 0.1) is 0 Å². The zero-order valence-corrected chi connectivity index (χ0v) is 23.5. The average molecular weight is 577 g/mol. The first-order valence-corrected chi connectivity index (χ1v) is 12.7. The van der Waals surface area contributed by atoms with Crippen LogP contribution >= 0.6 is 15.9 Å². The van der Waals surface area contributed by atoms with E-state index in [0.29, 0.717) is 16.6 Å². The standard InChI is InChI=1S/C28H29BrN6O3/c1-28(2,3)38-27(37)31-15-22(36)24-23-20(17-7-6-8-18(29)13-17)14-21(32-25(23)34-26(30)33-24)16-9-11-19(12-10-16)35(4)5/h6-14H,15H2,1-5H3,(H,31,37)(H2,30,32,33,34). The maximum atomic E-state index is 13.3. The predicted octanol–water partition coefficient (Wildman–Crippen LogP) is 5.48. The number of nitrogens with one attached hydrogen (secondary N) is 1. The molecule has 0 aliphatic rings. The number of anilines is 2. The van der Waals surface area contributed by atoms with Crippen LogP contribution < -0.4 is 16.0 Å². The lowest BCUT2D eigenvalue weighted by atomic mass is 9.97. The summed E-state index contributed by atoms with van der Waals surface area (Å²) < 4.78 is 6.12. The van der Waals surface area contributed by atoms with Crippen molar-refractivity contribution in [2.75, 3.05) is 31.3 Å². The van der Waals surface area contributed by atoms with Crippen LogP contribution in [0.25, 0.3) is 33.4 Å². The fourth-order valence-corrected chi connectivity index (χ4v) is 4.26. The van der Waals surface area contributed by atoms with Crippen molar-refractivity contribution in [1.82, 2.24) is 20.3 Å². The molecule has 1 amide bonds. The van der Waals surface area contributed by atoms with Gasteiger partial charge < -0.3 is 20.7 Å². The number of carbonyl (C=O) groups is 2. The average Bonchev–Trinajstić information content (AvgIpc) is 2.85. The first-order valence-electron chi connectivity index (χ1n) is 11.9. The molecule has 0 atom stereocenters. The second-order valence-electron chi connectivity index (χ2n) is 9.91. The lowest BCUT2D eigenvalue weighted by Gasteiger charge is -2.19. The molecule has 0 fully saturated rings. The normalized spacial score (nSPS) is 11.3. The van der Waals surface area contributed by atoms with E-state index in [1.54, 1.807) is 20.8 Å². The minimum Gasteiger partial charge on any atom is -0.444 e. The quantitative estimate of drug-likeness (QED) is 0.289. The molecule has 0 saturated heterocycles. The van der Waals surface area contributed by atoms with Crippen molar-refractivity contribution in [3.63, 3.8) is 0 Å². The fourth-order valence-electron chi connectivity index (χ4n) is 3.86. The van der Waals surface area contributed by atoms with E-state index in [1.165, 1.54) is 0 Å². The number of alkyl carbamates (subject to hydrolysis) is 1. The van der Waals surface area contributed by atoms with E-state index in [-0.39, 0.29) is 23.8 Å². The van der Waals surface area contributed by atoms with Gasteiger partial charge in [-0.15, -0.1) is 0 Å². The van der Waals surface area contributed by atoms with E-state index < -0.39 is 17.5 Å². The molecule has 38 heavy (non-hydrogen) atoms. The van der Waals surface area contributed by atoms with Crippen molar-refractivity contribution in [2.45, 2.75) is 26.4 Å². The molecule has 0 spiro atoms. The molecule has 2 aromatic carbocycles. The smallest absolute Gasteiger partial charge is 0.408 e. The predicted molar refractivity (Wildman–Crippen MR) is 153 cm³/mol. The number of benzene rings is 2. The molecular weight excluding hydrogens is 548 g/mol. The van der Waals surface area contributed by atoms with Gasteiger partial charge in [-0.3, -0.25) is 4.79 Å². The van der Waals surface area contributed by atoms with Gasteiger partial charge in [0.05, 0.1) is 17.6 Å². The van der Waals surface area contributed by atoms with Crippen LogP contribution in [0.3, 0.4) is 0 Å². The molecule has 4 rings (SSSR count). The summed E-state index contributed by atoms with van der Waals surface area (Å²) in [6, 6.07) is 17.6. The molecule has 0 saturated carbocycles. The van der Waals surface area contributed by atoms with Gasteiger partial charge in [-0.25, -0.2) is 14.8 Å². The van der Waals surface area contributed by atoms with Crippen LogP contribution in [0.1, 0.15) is 31.3 Å². The van der Waals surface area contributed by atoms with Gasteiger partial charge in [-0.05, 0) is 62.2 Å². The van der Waals surface area contributed by atoms with Crippen molar-refractivity contribution in [3.05, 3.63) is 64.8 Å². The molecule has 10 heteroatoms. The third kappa shape index (κ3) is 6.25. The number of Topliss-reactive ketones (excluding diaryl/α,β-unsaturated/α-hetero) is 1. The molecule has 2 heterocycles. The largest absolute Gasteiger partial charge is 0.444 e. The van der Waals surface area contributed by atoms with E-state index in [0.717, 1.165) is 21.3 Å². The molecule has 0 aliphatic carbocycles. The number of nitrogens with zero attached hydrogens (tertiary/aromatic N) is 4. The number of halogens is 1. The van der Waals surface area contributed by atoms with Gasteiger partial charge in [0.25, 0.3) is 0 Å². The molecular formula is C28H29BrN6O3. The van der Waals surface area contributed by atoms with Crippen LogP contribution in [-0.4, -0.2) is 53.1 Å². The fraction of sp³-hybridized carbons (Fsp3) is 0.250. The Labute approximate surface area is 229 Å². The summed E-state index contributed by atoms with van der Waals surface area (Å²) in [4.78, 5) is 40.9. The zero-order valence-electron chi connectivity index (χ0n) is 21.9. The molecule has 2 aromatic heterocycles. The van der Waals surface area contributed by atoms with Crippen molar-refractivity contribution >= 4 is 50.5 Å². The van der Waals surface area contributed by atoms with E-state index in [9.17, 15) is 9.59 Å². The van der Waals surface area contributed by atoms with E-state index >= 15 is 0 Å². The second-order valence-corrected chi connectivity index (χ2v) is 10.8. The Balaban J connectivity index is 1.85. The number of fused-ring (bicyclic) bond motifs is 1. The Morgan fingerprint density at radius 2 is 1.71 bits per heavy atom. The van der Waals surface area contributed by atoms with Gasteiger partial charge in [0.2, 0.25) is 11.7 Å². The van der Waals surface area contributed by atoms with Crippen LogP contribution in [0.2, 0.25) is 0 Å². The number of nitrogens with two attached hydrogens (primary N) is 1. The summed E-state index contributed by atoms with van der Waals surface area (Å²) in [5.41, 5.74) is 9.82. The van der Waals surface area contributed by atoms with E-state index in [2.05, 4.69) is 31.2 Å². The summed E-state index contributed by atoms with van der Waals surface area (Å²) in [7, 11) is 3.95. The Morgan fingerprint density at radius 3 is 2.34 bits per heavy atom. The van der Waals surface area contributed by atoms with Gasteiger partial charge in [0.15, 0.2) is 5.65 Å². The van der Waals surface area contributed by atoms with Crippen LogP contribution in [0.15, 0.2) is 59.1 Å². The molecule has 0 aliphatic heterocycles. The monoisotopic (exact) mass is 576 g/mol. The lowest BCUT2D eigenvalue weighted by Crippen LogP contribution is -2.35. The molecule has 0 unspecified atom stereocenters. The summed E-state index contributed by atoms with van der Waals surface area (Å²) in [6.45, 7) is 4.91. The number of ketones is 1. The highest BCUT2D eigenvalue weighted by Gasteiger charge is 2.23. The lowest BCUT2D eigenvalue weighted by molar-refractivity contribution is 0.0520. The summed E-state index contributed by atoms with van der Waals surface area (Å²) in [5.74, 6) is -0.540. The summed E-state index contributed by atoms with van der Waals surface area (Å²) in [6.07, 6.45) is -0.703. The van der Waals surface area contributed by atoms with Gasteiger partial charge in [0, 0.05) is 29.8 Å². The number of aromatic nitrogens is 3. The molecule has 4 aromatic rings. The summed E-state index contributed by atoms with van der Waals surface area (Å²) >= 11 is 3.53. The number of rotatable bonds is 6. The van der Waals surface area contributed by atoms with E-state index in [4.69, 9.17) is 15.5 Å². The third-order valence-electron chi connectivity index (χ3n) is 5.56. The SMILES string of the molecule is CN(C)c1ccc(-c2cc(-c3cccc(Br)c3)c3c(C(=O)CNC(=O)OC(C)(C)C)nc(N)nc3n2)cc1.